The predicted octanol–water partition coefficient (Wildman–Crippen LogP) is 4.86. The summed E-state index contributed by atoms with van der Waals surface area (Å²) in [5, 5.41) is 8.76. The number of ether oxygens (including phenoxy) is 4. The number of fused-ring (bicyclic) bond motifs is 2. The van der Waals surface area contributed by atoms with E-state index in [9.17, 15) is 9.59 Å². The molecule has 3 aromatic carbocycles. The SMILES string of the molecule is CCNC(=O)OCCOc1c2ccc(C)cc2c(OCCOC(=O)NCC)c2ccc(C)cc12. The zero-order valence-electron chi connectivity index (χ0n) is 20.2. The summed E-state index contributed by atoms with van der Waals surface area (Å²) in [5.74, 6) is 1.42. The van der Waals surface area contributed by atoms with Crippen LogP contribution in [0, 0.1) is 13.8 Å². The second-order valence-electron chi connectivity index (χ2n) is 7.79. The van der Waals surface area contributed by atoms with E-state index in [1.165, 1.54) is 0 Å². The number of rotatable bonds is 10. The average molecular weight is 469 g/mol. The van der Waals surface area contributed by atoms with Crippen LogP contribution < -0.4 is 20.1 Å². The Bertz CT molecular complexity index is 1070. The van der Waals surface area contributed by atoms with Gasteiger partial charge in [0.2, 0.25) is 0 Å². The van der Waals surface area contributed by atoms with E-state index in [4.69, 9.17) is 18.9 Å². The van der Waals surface area contributed by atoms with E-state index in [1.54, 1.807) is 0 Å². The van der Waals surface area contributed by atoms with Crippen molar-refractivity contribution in [1.82, 2.24) is 10.6 Å². The molecule has 0 saturated carbocycles. The number of carbonyl (C=O) groups excluding carboxylic acids is 2. The first-order chi connectivity index (χ1) is 16.4. The van der Waals surface area contributed by atoms with Crippen molar-refractivity contribution >= 4 is 33.7 Å². The minimum absolute atomic E-state index is 0.127. The van der Waals surface area contributed by atoms with Gasteiger partial charge in [-0.25, -0.2) is 9.59 Å². The van der Waals surface area contributed by atoms with E-state index < -0.39 is 12.2 Å². The highest BCUT2D eigenvalue weighted by atomic mass is 16.6. The van der Waals surface area contributed by atoms with E-state index >= 15 is 0 Å². The van der Waals surface area contributed by atoms with Gasteiger partial charge in [-0.3, -0.25) is 0 Å². The van der Waals surface area contributed by atoms with Crippen LogP contribution >= 0.6 is 0 Å². The van der Waals surface area contributed by atoms with Crippen LogP contribution in [0.2, 0.25) is 0 Å². The molecular weight excluding hydrogens is 436 g/mol. The fourth-order valence-electron chi connectivity index (χ4n) is 3.64. The molecular formula is C26H32N2O6. The lowest BCUT2D eigenvalue weighted by atomic mass is 9.98. The summed E-state index contributed by atoms with van der Waals surface area (Å²) in [6.45, 7) is 9.37. The zero-order valence-corrected chi connectivity index (χ0v) is 20.2. The Kier molecular flexibility index (Phi) is 8.79. The van der Waals surface area contributed by atoms with Crippen LogP contribution in [-0.4, -0.2) is 51.7 Å². The summed E-state index contributed by atoms with van der Waals surface area (Å²) < 4.78 is 22.6. The number of hydrogen-bond acceptors (Lipinski definition) is 6. The average Bonchev–Trinajstić information content (AvgIpc) is 2.80. The lowest BCUT2D eigenvalue weighted by Gasteiger charge is -2.19. The minimum Gasteiger partial charge on any atom is -0.489 e. The van der Waals surface area contributed by atoms with Crippen molar-refractivity contribution in [2.24, 2.45) is 0 Å². The van der Waals surface area contributed by atoms with Gasteiger partial charge in [-0.05, 0) is 39.8 Å². The van der Waals surface area contributed by atoms with Gasteiger partial charge in [-0.2, -0.15) is 0 Å². The summed E-state index contributed by atoms with van der Waals surface area (Å²) >= 11 is 0. The summed E-state index contributed by atoms with van der Waals surface area (Å²) in [7, 11) is 0. The van der Waals surface area contributed by atoms with Crippen LogP contribution in [0.25, 0.3) is 21.5 Å². The second kappa shape index (κ2) is 12.0. The maximum Gasteiger partial charge on any atom is 0.407 e. The van der Waals surface area contributed by atoms with Gasteiger partial charge in [0.1, 0.15) is 37.9 Å². The van der Waals surface area contributed by atoms with E-state index in [-0.39, 0.29) is 26.4 Å². The Morgan fingerprint density at radius 1 is 0.647 bits per heavy atom. The van der Waals surface area contributed by atoms with Gasteiger partial charge in [0.05, 0.1) is 0 Å². The predicted molar refractivity (Wildman–Crippen MR) is 132 cm³/mol. The molecule has 2 amide bonds. The van der Waals surface area contributed by atoms with Crippen LogP contribution in [0.15, 0.2) is 36.4 Å². The maximum atomic E-state index is 11.6. The molecule has 0 heterocycles. The molecule has 0 atom stereocenters. The zero-order chi connectivity index (χ0) is 24.5. The molecule has 8 nitrogen and oxygen atoms in total. The largest absolute Gasteiger partial charge is 0.489 e. The molecule has 3 aromatic rings. The lowest BCUT2D eigenvalue weighted by molar-refractivity contribution is 0.125. The van der Waals surface area contributed by atoms with Crippen LogP contribution in [0.5, 0.6) is 11.5 Å². The number of hydrogen-bond donors (Lipinski definition) is 2. The first kappa shape index (κ1) is 25.0. The molecule has 34 heavy (non-hydrogen) atoms. The summed E-state index contributed by atoms with van der Waals surface area (Å²) in [4.78, 5) is 23.1. The van der Waals surface area contributed by atoms with Crippen molar-refractivity contribution in [2.45, 2.75) is 27.7 Å². The number of alkyl carbamates (subject to hydrolysis) is 2. The molecule has 3 rings (SSSR count). The highest BCUT2D eigenvalue weighted by molar-refractivity contribution is 6.11. The molecule has 0 aliphatic carbocycles. The third-order valence-electron chi connectivity index (χ3n) is 5.10. The van der Waals surface area contributed by atoms with Crippen molar-refractivity contribution in [3.8, 4) is 11.5 Å². The number of amides is 2. The quantitative estimate of drug-likeness (QED) is 0.326. The van der Waals surface area contributed by atoms with Crippen molar-refractivity contribution in [3.05, 3.63) is 47.5 Å². The van der Waals surface area contributed by atoms with E-state index in [0.29, 0.717) is 24.6 Å². The van der Waals surface area contributed by atoms with Gasteiger partial charge in [0.15, 0.2) is 0 Å². The molecule has 0 unspecified atom stereocenters. The molecule has 2 N–H and O–H groups in total. The number of benzene rings is 3. The molecule has 0 aromatic heterocycles. The molecule has 0 bridgehead atoms. The maximum absolute atomic E-state index is 11.6. The Labute approximate surface area is 199 Å². The van der Waals surface area contributed by atoms with Crippen molar-refractivity contribution < 1.29 is 28.5 Å². The lowest BCUT2D eigenvalue weighted by Crippen LogP contribution is -2.25. The molecule has 182 valence electrons. The molecule has 0 aliphatic rings. The van der Waals surface area contributed by atoms with E-state index in [0.717, 1.165) is 32.7 Å². The number of nitrogens with one attached hydrogen (secondary N) is 2. The van der Waals surface area contributed by atoms with Gasteiger partial charge in [-0.15, -0.1) is 0 Å². The van der Waals surface area contributed by atoms with Gasteiger partial charge < -0.3 is 29.6 Å². The fraction of sp³-hybridized carbons (Fsp3) is 0.385. The van der Waals surface area contributed by atoms with Crippen LogP contribution in [-0.2, 0) is 9.47 Å². The Morgan fingerprint density at radius 2 is 1.06 bits per heavy atom. The first-order valence-electron chi connectivity index (χ1n) is 11.5. The molecule has 8 heteroatoms. The van der Waals surface area contributed by atoms with E-state index in [1.807, 2.05) is 64.1 Å². The molecule has 0 saturated heterocycles. The van der Waals surface area contributed by atoms with Crippen molar-refractivity contribution in [1.29, 1.82) is 0 Å². The first-order valence-corrected chi connectivity index (χ1v) is 11.5. The summed E-state index contributed by atoms with van der Waals surface area (Å²) in [6.07, 6.45) is -0.934. The van der Waals surface area contributed by atoms with Crippen LogP contribution in [0.4, 0.5) is 9.59 Å². The number of aryl methyl sites for hydroxylation is 2. The van der Waals surface area contributed by atoms with Gasteiger partial charge in [0.25, 0.3) is 0 Å². The van der Waals surface area contributed by atoms with Gasteiger partial charge in [0, 0.05) is 34.6 Å². The van der Waals surface area contributed by atoms with E-state index in [2.05, 4.69) is 10.6 Å². The third-order valence-corrected chi connectivity index (χ3v) is 5.10. The Balaban J connectivity index is 1.92. The van der Waals surface area contributed by atoms with Crippen molar-refractivity contribution in [2.75, 3.05) is 39.5 Å². The molecule has 0 radical (unpaired) electrons. The highest BCUT2D eigenvalue weighted by Crippen LogP contribution is 2.43. The van der Waals surface area contributed by atoms with Crippen LogP contribution in [0.1, 0.15) is 25.0 Å². The monoisotopic (exact) mass is 468 g/mol. The molecule has 0 aliphatic heterocycles. The second-order valence-corrected chi connectivity index (χ2v) is 7.79. The smallest absolute Gasteiger partial charge is 0.407 e. The number of carbonyl (C=O) groups is 2. The fourth-order valence-corrected chi connectivity index (χ4v) is 3.64. The third kappa shape index (κ3) is 6.21. The molecule has 0 fully saturated rings. The molecule has 0 spiro atoms. The standard InChI is InChI=1S/C26H32N2O6/c1-5-27-25(29)33-13-11-31-23-19-9-7-18(4)16-22(19)24(20-10-8-17(3)15-21(20)23)32-12-14-34-26(30)28-6-2/h7-10,15-16H,5-6,11-14H2,1-4H3,(H,27,29)(H,28,30). The minimum atomic E-state index is -0.467. The normalized spacial score (nSPS) is 10.7. The Hall–Kier alpha value is -3.68. The van der Waals surface area contributed by atoms with Gasteiger partial charge >= 0.3 is 12.2 Å². The Morgan fingerprint density at radius 3 is 1.44 bits per heavy atom. The van der Waals surface area contributed by atoms with Gasteiger partial charge in [-0.1, -0.05) is 35.4 Å². The summed E-state index contributed by atoms with van der Waals surface area (Å²) in [5.41, 5.74) is 2.15. The van der Waals surface area contributed by atoms with Crippen molar-refractivity contribution in [3.63, 3.8) is 0 Å². The topological polar surface area (TPSA) is 95.1 Å². The highest BCUT2D eigenvalue weighted by Gasteiger charge is 2.17. The summed E-state index contributed by atoms with van der Waals surface area (Å²) in [6, 6.07) is 12.1. The van der Waals surface area contributed by atoms with Crippen LogP contribution in [0.3, 0.4) is 0 Å².